The van der Waals surface area contributed by atoms with Gasteiger partial charge in [0.05, 0.1) is 10.7 Å². The molecule has 3 nitrogen and oxygen atoms in total. The van der Waals surface area contributed by atoms with Gasteiger partial charge in [0.2, 0.25) is 0 Å². The molecular formula is C13H16ClN3. The zero-order valence-corrected chi connectivity index (χ0v) is 11.3. The number of benzene rings is 1. The van der Waals surface area contributed by atoms with Crippen LogP contribution in [0.2, 0.25) is 5.02 Å². The van der Waals surface area contributed by atoms with Crippen molar-refractivity contribution in [3.05, 3.63) is 40.9 Å². The van der Waals surface area contributed by atoms with Crippen LogP contribution in [-0.2, 0) is 5.41 Å². The number of hydrogen-bond acceptors (Lipinski definition) is 2. The van der Waals surface area contributed by atoms with E-state index in [2.05, 4.69) is 37.0 Å². The van der Waals surface area contributed by atoms with Crippen LogP contribution in [-0.4, -0.2) is 14.8 Å². The Morgan fingerprint density at radius 1 is 1.24 bits per heavy atom. The highest BCUT2D eigenvalue weighted by molar-refractivity contribution is 6.32. The van der Waals surface area contributed by atoms with Gasteiger partial charge in [0, 0.05) is 0 Å². The summed E-state index contributed by atoms with van der Waals surface area (Å²) in [4.78, 5) is 0. The van der Waals surface area contributed by atoms with Crippen LogP contribution >= 0.6 is 11.6 Å². The molecular weight excluding hydrogens is 234 g/mol. The first-order chi connectivity index (χ1) is 7.89. The summed E-state index contributed by atoms with van der Waals surface area (Å²) in [6.45, 7) is 8.41. The average molecular weight is 250 g/mol. The lowest BCUT2D eigenvalue weighted by atomic mass is 9.87. The third-order valence-corrected chi connectivity index (χ3v) is 3.09. The number of aryl methyl sites for hydroxylation is 1. The van der Waals surface area contributed by atoms with E-state index in [0.717, 1.165) is 16.5 Å². The first-order valence-electron chi connectivity index (χ1n) is 5.56. The van der Waals surface area contributed by atoms with Gasteiger partial charge in [0.1, 0.15) is 12.2 Å². The fourth-order valence-electron chi connectivity index (χ4n) is 1.70. The van der Waals surface area contributed by atoms with Crippen LogP contribution in [0.5, 0.6) is 0 Å². The first kappa shape index (κ1) is 12.1. The lowest BCUT2D eigenvalue weighted by Gasteiger charge is -2.20. The summed E-state index contributed by atoms with van der Waals surface area (Å²) in [6.07, 6.45) is 1.67. The Morgan fingerprint density at radius 3 is 2.41 bits per heavy atom. The van der Waals surface area contributed by atoms with Crippen LogP contribution in [0, 0.1) is 6.92 Å². The summed E-state index contributed by atoms with van der Waals surface area (Å²) in [7, 11) is 0. The fraction of sp³-hybridized carbons (Fsp3) is 0.385. The van der Waals surface area contributed by atoms with Gasteiger partial charge in [-0.3, -0.25) is 4.57 Å². The summed E-state index contributed by atoms with van der Waals surface area (Å²) in [5, 5.41) is 8.55. The van der Waals surface area contributed by atoms with Gasteiger partial charge >= 0.3 is 0 Å². The average Bonchev–Trinajstić information content (AvgIpc) is 2.63. The summed E-state index contributed by atoms with van der Waals surface area (Å²) in [5.41, 5.74) is 2.24. The molecule has 0 radical (unpaired) electrons. The first-order valence-corrected chi connectivity index (χ1v) is 5.94. The van der Waals surface area contributed by atoms with Gasteiger partial charge in [-0.25, -0.2) is 0 Å². The largest absolute Gasteiger partial charge is 0.284 e. The molecule has 0 spiro atoms. The molecule has 0 amide bonds. The SMILES string of the molecule is Cc1nncn1-c1ccc(C(C)(C)C)cc1Cl. The number of halogens is 1. The van der Waals surface area contributed by atoms with E-state index in [1.165, 1.54) is 5.56 Å². The van der Waals surface area contributed by atoms with E-state index in [1.54, 1.807) is 6.33 Å². The monoisotopic (exact) mass is 249 g/mol. The van der Waals surface area contributed by atoms with E-state index in [4.69, 9.17) is 11.6 Å². The normalized spacial score (nSPS) is 11.8. The van der Waals surface area contributed by atoms with Gasteiger partial charge in [0.25, 0.3) is 0 Å². The molecule has 17 heavy (non-hydrogen) atoms. The van der Waals surface area contributed by atoms with E-state index in [9.17, 15) is 0 Å². The summed E-state index contributed by atoms with van der Waals surface area (Å²) >= 11 is 6.32. The molecule has 1 aromatic heterocycles. The highest BCUT2D eigenvalue weighted by Gasteiger charge is 2.15. The molecule has 0 atom stereocenters. The predicted molar refractivity (Wildman–Crippen MR) is 69.8 cm³/mol. The van der Waals surface area contributed by atoms with Crippen LogP contribution in [0.1, 0.15) is 32.2 Å². The molecule has 1 aromatic carbocycles. The molecule has 2 aromatic rings. The third-order valence-electron chi connectivity index (χ3n) is 2.79. The lowest BCUT2D eigenvalue weighted by Crippen LogP contribution is -2.11. The van der Waals surface area contributed by atoms with Crippen molar-refractivity contribution >= 4 is 11.6 Å². The van der Waals surface area contributed by atoms with Crippen LogP contribution in [0.15, 0.2) is 24.5 Å². The minimum absolute atomic E-state index is 0.102. The number of nitrogens with zero attached hydrogens (tertiary/aromatic N) is 3. The molecule has 4 heteroatoms. The lowest BCUT2D eigenvalue weighted by molar-refractivity contribution is 0.590. The Balaban J connectivity index is 2.50. The molecule has 0 unspecified atom stereocenters. The second kappa shape index (κ2) is 4.15. The molecule has 0 N–H and O–H groups in total. The number of rotatable bonds is 1. The van der Waals surface area contributed by atoms with E-state index >= 15 is 0 Å². The Morgan fingerprint density at radius 2 is 1.94 bits per heavy atom. The third kappa shape index (κ3) is 2.34. The van der Waals surface area contributed by atoms with Crippen LogP contribution in [0.4, 0.5) is 0 Å². The van der Waals surface area contributed by atoms with Crippen molar-refractivity contribution in [2.24, 2.45) is 0 Å². The molecule has 2 rings (SSSR count). The Kier molecular flexibility index (Phi) is 2.96. The highest BCUT2D eigenvalue weighted by Crippen LogP contribution is 2.29. The molecule has 0 bridgehead atoms. The second-order valence-corrected chi connectivity index (χ2v) is 5.57. The maximum absolute atomic E-state index is 6.32. The second-order valence-electron chi connectivity index (χ2n) is 5.16. The number of hydrogen-bond donors (Lipinski definition) is 0. The Labute approximate surface area is 106 Å². The van der Waals surface area contributed by atoms with Crippen molar-refractivity contribution in [1.82, 2.24) is 14.8 Å². The molecule has 90 valence electrons. The highest BCUT2D eigenvalue weighted by atomic mass is 35.5. The summed E-state index contributed by atoms with van der Waals surface area (Å²) in [6, 6.07) is 6.12. The van der Waals surface area contributed by atoms with Crippen LogP contribution in [0.25, 0.3) is 5.69 Å². The van der Waals surface area contributed by atoms with Gasteiger partial charge in [-0.2, -0.15) is 0 Å². The van der Waals surface area contributed by atoms with Crippen molar-refractivity contribution in [3.63, 3.8) is 0 Å². The zero-order valence-electron chi connectivity index (χ0n) is 10.5. The van der Waals surface area contributed by atoms with Crippen molar-refractivity contribution < 1.29 is 0 Å². The minimum atomic E-state index is 0.102. The Hall–Kier alpha value is -1.35. The van der Waals surface area contributed by atoms with Crippen molar-refractivity contribution in [1.29, 1.82) is 0 Å². The fourth-order valence-corrected chi connectivity index (χ4v) is 1.97. The van der Waals surface area contributed by atoms with Gasteiger partial charge < -0.3 is 0 Å². The molecule has 0 saturated heterocycles. The molecule has 0 aliphatic rings. The molecule has 0 aliphatic heterocycles. The van der Waals surface area contributed by atoms with Gasteiger partial charge in [-0.1, -0.05) is 38.4 Å². The van der Waals surface area contributed by atoms with Crippen molar-refractivity contribution in [3.8, 4) is 5.69 Å². The quantitative estimate of drug-likeness (QED) is 0.774. The summed E-state index contributed by atoms with van der Waals surface area (Å²) < 4.78 is 1.88. The summed E-state index contributed by atoms with van der Waals surface area (Å²) in [5.74, 6) is 0.829. The Bertz CT molecular complexity index is 538. The molecule has 1 heterocycles. The molecule has 0 fully saturated rings. The number of aromatic nitrogens is 3. The van der Waals surface area contributed by atoms with Crippen LogP contribution in [0.3, 0.4) is 0 Å². The molecule has 0 aliphatic carbocycles. The van der Waals surface area contributed by atoms with E-state index in [1.807, 2.05) is 23.6 Å². The standard InChI is InChI=1S/C13H16ClN3/c1-9-16-15-8-17(9)12-6-5-10(7-11(12)14)13(2,3)4/h5-8H,1-4H3. The topological polar surface area (TPSA) is 30.7 Å². The van der Waals surface area contributed by atoms with Gasteiger partial charge in [0.15, 0.2) is 0 Å². The van der Waals surface area contributed by atoms with Gasteiger partial charge in [-0.15, -0.1) is 10.2 Å². The van der Waals surface area contributed by atoms with E-state index in [-0.39, 0.29) is 5.41 Å². The maximum Gasteiger partial charge on any atom is 0.134 e. The van der Waals surface area contributed by atoms with Crippen molar-refractivity contribution in [2.75, 3.05) is 0 Å². The van der Waals surface area contributed by atoms with E-state index in [0.29, 0.717) is 0 Å². The van der Waals surface area contributed by atoms with Gasteiger partial charge in [-0.05, 0) is 30.0 Å². The van der Waals surface area contributed by atoms with Crippen LogP contribution < -0.4 is 0 Å². The minimum Gasteiger partial charge on any atom is -0.284 e. The smallest absolute Gasteiger partial charge is 0.134 e. The van der Waals surface area contributed by atoms with E-state index < -0.39 is 0 Å². The predicted octanol–water partition coefficient (Wildman–Crippen LogP) is 3.53. The zero-order chi connectivity index (χ0) is 12.6. The molecule has 0 saturated carbocycles. The van der Waals surface area contributed by atoms with Crippen molar-refractivity contribution in [2.45, 2.75) is 33.1 Å². The maximum atomic E-state index is 6.32.